The van der Waals surface area contributed by atoms with E-state index in [1.54, 1.807) is 10.7 Å². The molecule has 0 aliphatic heterocycles. The zero-order valence-electron chi connectivity index (χ0n) is 16.0. The molecule has 2 heterocycles. The third-order valence-corrected chi connectivity index (χ3v) is 5.10. The predicted octanol–water partition coefficient (Wildman–Crippen LogP) is 3.97. The second kappa shape index (κ2) is 6.72. The van der Waals surface area contributed by atoms with Crippen LogP contribution in [0.25, 0.3) is 5.52 Å². The normalized spacial score (nSPS) is 19.5. The number of rotatable bonds is 4. The standard InChI is InChI=1S/C22H25N3O2/c1-22(2,3)15-7-6-8-17(11-15)27-18-12-16(13-18)24-21(26)19-14-23-25-10-5-4-9-20(19)25/h4-11,14,16,18H,12-13H2,1-3H3,(H,24,26). The molecule has 1 aliphatic carbocycles. The van der Waals surface area contributed by atoms with E-state index < -0.39 is 0 Å². The van der Waals surface area contributed by atoms with E-state index in [4.69, 9.17) is 4.74 Å². The number of aromatic nitrogens is 2. The van der Waals surface area contributed by atoms with Crippen LogP contribution in [0, 0.1) is 0 Å². The molecule has 5 nitrogen and oxygen atoms in total. The Morgan fingerprint density at radius 1 is 1.19 bits per heavy atom. The summed E-state index contributed by atoms with van der Waals surface area (Å²) in [6, 6.07) is 14.1. The zero-order chi connectivity index (χ0) is 19.0. The topological polar surface area (TPSA) is 55.6 Å². The first kappa shape index (κ1) is 17.6. The van der Waals surface area contributed by atoms with Gasteiger partial charge in [0.25, 0.3) is 5.91 Å². The maximum atomic E-state index is 12.5. The van der Waals surface area contributed by atoms with Gasteiger partial charge in [-0.25, -0.2) is 4.52 Å². The van der Waals surface area contributed by atoms with Gasteiger partial charge < -0.3 is 10.1 Å². The number of carbonyl (C=O) groups is 1. The third-order valence-electron chi connectivity index (χ3n) is 5.10. The van der Waals surface area contributed by atoms with E-state index in [-0.39, 0.29) is 23.5 Å². The highest BCUT2D eigenvalue weighted by Gasteiger charge is 2.32. The van der Waals surface area contributed by atoms with Crippen molar-refractivity contribution in [3.05, 3.63) is 66.0 Å². The van der Waals surface area contributed by atoms with Crippen molar-refractivity contribution in [2.24, 2.45) is 0 Å². The Bertz CT molecular complexity index is 965. The highest BCUT2D eigenvalue weighted by molar-refractivity contribution is 6.00. The molecule has 1 aliphatic rings. The molecule has 1 amide bonds. The summed E-state index contributed by atoms with van der Waals surface area (Å²) in [7, 11) is 0. The summed E-state index contributed by atoms with van der Waals surface area (Å²) in [6.07, 6.45) is 5.25. The molecule has 0 bridgehead atoms. The Morgan fingerprint density at radius 2 is 2.00 bits per heavy atom. The van der Waals surface area contributed by atoms with Crippen LogP contribution in [-0.4, -0.2) is 27.7 Å². The number of fused-ring (bicyclic) bond motifs is 1. The first-order chi connectivity index (χ1) is 12.9. The number of nitrogens with zero attached hydrogens (tertiary/aromatic N) is 2. The van der Waals surface area contributed by atoms with Crippen molar-refractivity contribution in [2.75, 3.05) is 0 Å². The molecular weight excluding hydrogens is 338 g/mol. The molecule has 0 radical (unpaired) electrons. The van der Waals surface area contributed by atoms with E-state index in [0.717, 1.165) is 24.1 Å². The van der Waals surface area contributed by atoms with Crippen LogP contribution in [0.4, 0.5) is 0 Å². The smallest absolute Gasteiger partial charge is 0.255 e. The Morgan fingerprint density at radius 3 is 2.78 bits per heavy atom. The number of amides is 1. The quantitative estimate of drug-likeness (QED) is 0.763. The molecule has 4 rings (SSSR count). The number of hydrogen-bond donors (Lipinski definition) is 1. The fourth-order valence-electron chi connectivity index (χ4n) is 3.38. The van der Waals surface area contributed by atoms with Gasteiger partial charge in [0.05, 0.1) is 17.3 Å². The van der Waals surface area contributed by atoms with Gasteiger partial charge in [0.2, 0.25) is 0 Å². The molecule has 0 atom stereocenters. The first-order valence-electron chi connectivity index (χ1n) is 9.40. The van der Waals surface area contributed by atoms with E-state index in [9.17, 15) is 4.79 Å². The molecule has 1 fully saturated rings. The van der Waals surface area contributed by atoms with Crippen molar-refractivity contribution in [3.8, 4) is 5.75 Å². The van der Waals surface area contributed by atoms with Crippen LogP contribution in [0.2, 0.25) is 0 Å². The lowest BCUT2D eigenvalue weighted by atomic mass is 9.86. The largest absolute Gasteiger partial charge is 0.490 e. The number of ether oxygens (including phenoxy) is 1. The summed E-state index contributed by atoms with van der Waals surface area (Å²) in [4.78, 5) is 12.5. The van der Waals surface area contributed by atoms with Crippen molar-refractivity contribution >= 4 is 11.4 Å². The minimum absolute atomic E-state index is 0.0746. The monoisotopic (exact) mass is 363 g/mol. The minimum atomic E-state index is -0.0746. The molecule has 0 unspecified atom stereocenters. The SMILES string of the molecule is CC(C)(C)c1cccc(OC2CC(NC(=O)c3cnn4ccccc34)C2)c1. The number of hydrogen-bond acceptors (Lipinski definition) is 3. The van der Waals surface area contributed by atoms with Crippen LogP contribution in [0.15, 0.2) is 54.9 Å². The van der Waals surface area contributed by atoms with Crippen molar-refractivity contribution < 1.29 is 9.53 Å². The van der Waals surface area contributed by atoms with Gasteiger partial charge in [-0.05, 0) is 35.2 Å². The van der Waals surface area contributed by atoms with Gasteiger partial charge in [-0.2, -0.15) is 5.10 Å². The Labute approximate surface area is 159 Å². The number of benzene rings is 1. The van der Waals surface area contributed by atoms with Gasteiger partial charge in [-0.15, -0.1) is 0 Å². The van der Waals surface area contributed by atoms with Crippen molar-refractivity contribution in [2.45, 2.75) is 51.2 Å². The Hall–Kier alpha value is -2.82. The molecule has 140 valence electrons. The molecule has 3 aromatic rings. The minimum Gasteiger partial charge on any atom is -0.490 e. The van der Waals surface area contributed by atoms with Gasteiger partial charge in [-0.1, -0.05) is 39.0 Å². The van der Waals surface area contributed by atoms with Crippen molar-refractivity contribution in [1.29, 1.82) is 0 Å². The molecule has 27 heavy (non-hydrogen) atoms. The van der Waals surface area contributed by atoms with E-state index >= 15 is 0 Å². The Kier molecular flexibility index (Phi) is 4.38. The predicted molar refractivity (Wildman–Crippen MR) is 105 cm³/mol. The lowest BCUT2D eigenvalue weighted by Crippen LogP contribution is -2.49. The second-order valence-corrected chi connectivity index (χ2v) is 8.25. The second-order valence-electron chi connectivity index (χ2n) is 8.25. The van der Waals surface area contributed by atoms with Gasteiger partial charge in [0.15, 0.2) is 0 Å². The maximum absolute atomic E-state index is 12.5. The van der Waals surface area contributed by atoms with E-state index in [0.29, 0.717) is 5.56 Å². The molecule has 0 spiro atoms. The summed E-state index contributed by atoms with van der Waals surface area (Å²) in [6.45, 7) is 6.59. The lowest BCUT2D eigenvalue weighted by molar-refractivity contribution is 0.0701. The van der Waals surface area contributed by atoms with Crippen LogP contribution in [0.1, 0.15) is 49.5 Å². The molecule has 2 aromatic heterocycles. The summed E-state index contributed by atoms with van der Waals surface area (Å²) >= 11 is 0. The molecule has 1 aromatic carbocycles. The van der Waals surface area contributed by atoms with Crippen molar-refractivity contribution in [1.82, 2.24) is 14.9 Å². The van der Waals surface area contributed by atoms with Gasteiger partial charge in [0.1, 0.15) is 11.9 Å². The van der Waals surface area contributed by atoms with E-state index in [2.05, 4.69) is 43.3 Å². The summed E-state index contributed by atoms with van der Waals surface area (Å²) in [5.41, 5.74) is 2.79. The summed E-state index contributed by atoms with van der Waals surface area (Å²) < 4.78 is 7.80. The highest BCUT2D eigenvalue weighted by Crippen LogP contribution is 2.30. The van der Waals surface area contributed by atoms with Crippen LogP contribution in [-0.2, 0) is 5.41 Å². The molecule has 1 N–H and O–H groups in total. The average molecular weight is 363 g/mol. The third kappa shape index (κ3) is 3.68. The zero-order valence-corrected chi connectivity index (χ0v) is 16.0. The first-order valence-corrected chi connectivity index (χ1v) is 9.40. The van der Waals surface area contributed by atoms with Crippen LogP contribution < -0.4 is 10.1 Å². The fourth-order valence-corrected chi connectivity index (χ4v) is 3.38. The highest BCUT2D eigenvalue weighted by atomic mass is 16.5. The van der Waals surface area contributed by atoms with Gasteiger partial charge in [0, 0.05) is 25.1 Å². The molecular formula is C22H25N3O2. The average Bonchev–Trinajstić information content (AvgIpc) is 3.03. The maximum Gasteiger partial charge on any atom is 0.255 e. The van der Waals surface area contributed by atoms with E-state index in [1.807, 2.05) is 36.5 Å². The Balaban J connectivity index is 1.33. The van der Waals surface area contributed by atoms with Crippen LogP contribution in [0.3, 0.4) is 0 Å². The summed E-state index contributed by atoms with van der Waals surface area (Å²) in [5, 5.41) is 7.31. The van der Waals surface area contributed by atoms with Crippen LogP contribution >= 0.6 is 0 Å². The number of carbonyl (C=O) groups excluding carboxylic acids is 1. The van der Waals surface area contributed by atoms with Gasteiger partial charge in [-0.3, -0.25) is 4.79 Å². The number of pyridine rings is 1. The molecule has 0 saturated heterocycles. The lowest BCUT2D eigenvalue weighted by Gasteiger charge is -2.36. The van der Waals surface area contributed by atoms with Crippen LogP contribution in [0.5, 0.6) is 5.75 Å². The molecule has 5 heteroatoms. The van der Waals surface area contributed by atoms with E-state index in [1.165, 1.54) is 5.56 Å². The number of nitrogens with one attached hydrogen (secondary N) is 1. The van der Waals surface area contributed by atoms with Crippen molar-refractivity contribution in [3.63, 3.8) is 0 Å². The molecule has 1 saturated carbocycles. The summed E-state index contributed by atoms with van der Waals surface area (Å²) in [5.74, 6) is 0.828. The fraction of sp³-hybridized carbons (Fsp3) is 0.364. The van der Waals surface area contributed by atoms with Gasteiger partial charge >= 0.3 is 0 Å².